The molecular weight excluding hydrogens is 380 g/mol. The first-order chi connectivity index (χ1) is 14.1. The molecule has 0 radical (unpaired) electrons. The van der Waals surface area contributed by atoms with Gasteiger partial charge in [-0.2, -0.15) is 0 Å². The number of anilines is 1. The molecule has 2 N–H and O–H groups in total. The first kappa shape index (κ1) is 23.0. The summed E-state index contributed by atoms with van der Waals surface area (Å²) in [4.78, 5) is 19.2. The number of aliphatic hydroxyl groups excluding tert-OH is 2. The minimum Gasteiger partial charge on any atom is -0.400 e. The monoisotopic (exact) mass is 409 g/mol. The first-order valence-corrected chi connectivity index (χ1v) is 9.97. The lowest BCUT2D eigenvalue weighted by Gasteiger charge is -2.22. The molecule has 1 aromatic carbocycles. The van der Waals surface area contributed by atoms with Crippen LogP contribution < -0.4 is 4.90 Å². The van der Waals surface area contributed by atoms with Crippen molar-refractivity contribution in [1.29, 1.82) is 0 Å². The van der Waals surface area contributed by atoms with Gasteiger partial charge < -0.3 is 14.8 Å². The molecule has 160 valence electrons. The van der Waals surface area contributed by atoms with Crippen LogP contribution in [0.3, 0.4) is 0 Å². The van der Waals surface area contributed by atoms with Gasteiger partial charge in [-0.05, 0) is 37.5 Å². The van der Waals surface area contributed by atoms with Gasteiger partial charge in [0.1, 0.15) is 5.82 Å². The second-order valence-electron chi connectivity index (χ2n) is 6.86. The van der Waals surface area contributed by atoms with Crippen molar-refractivity contribution in [3.8, 4) is 0 Å². The number of hydrogen-bond acceptors (Lipinski definition) is 4. The smallest absolute Gasteiger partial charge is 0.259 e. The van der Waals surface area contributed by atoms with Crippen LogP contribution >= 0.6 is 0 Å². The van der Waals surface area contributed by atoms with E-state index in [4.69, 9.17) is 5.11 Å². The Bertz CT molecular complexity index is 824. The molecule has 1 amide bonds. The van der Waals surface area contributed by atoms with Crippen LogP contribution in [0.2, 0.25) is 0 Å². The lowest BCUT2D eigenvalue weighted by Crippen LogP contribution is -2.33. The van der Waals surface area contributed by atoms with Gasteiger partial charge in [-0.1, -0.05) is 19.8 Å². The maximum Gasteiger partial charge on any atom is 0.259 e. The fraction of sp³-hybridized carbons (Fsp3) is 0.524. The van der Waals surface area contributed by atoms with Crippen LogP contribution in [0.4, 0.5) is 14.6 Å². The number of unbranched alkanes of at least 4 members (excludes halogenated alkanes) is 1. The van der Waals surface area contributed by atoms with Crippen LogP contribution in [0.5, 0.6) is 0 Å². The van der Waals surface area contributed by atoms with Gasteiger partial charge in [0.2, 0.25) is 0 Å². The number of aromatic nitrogens is 2. The number of carbonyl (C=O) groups is 1. The number of imidazole rings is 1. The van der Waals surface area contributed by atoms with E-state index in [1.165, 1.54) is 11.0 Å². The Balaban J connectivity index is 0.00000145. The summed E-state index contributed by atoms with van der Waals surface area (Å²) in [6.07, 6.45) is 5.53. The van der Waals surface area contributed by atoms with Crippen molar-refractivity contribution in [3.63, 3.8) is 0 Å². The minimum absolute atomic E-state index is 0.0667. The number of aryl methyl sites for hydroxylation is 1. The third kappa shape index (κ3) is 5.19. The Kier molecular flexibility index (Phi) is 8.72. The summed E-state index contributed by atoms with van der Waals surface area (Å²) in [5.41, 5.74) is 0.677. The average molecular weight is 409 g/mol. The molecule has 0 fully saturated rings. The highest BCUT2D eigenvalue weighted by Gasteiger charge is 2.27. The van der Waals surface area contributed by atoms with Crippen molar-refractivity contribution < 1.29 is 23.8 Å². The lowest BCUT2D eigenvalue weighted by atomic mass is 10.1. The van der Waals surface area contributed by atoms with Crippen LogP contribution in [-0.4, -0.2) is 39.3 Å². The predicted molar refractivity (Wildman–Crippen MR) is 107 cm³/mol. The Morgan fingerprint density at radius 1 is 1.21 bits per heavy atom. The zero-order valence-electron chi connectivity index (χ0n) is 17.0. The van der Waals surface area contributed by atoms with E-state index in [0.29, 0.717) is 18.1 Å². The molecule has 0 unspecified atom stereocenters. The SMILES string of the molecule is CCCCN(C(=O)c1ccc(F)c(F)c1)c1nc2n(c1CO)CCCCC2.CO. The predicted octanol–water partition coefficient (Wildman–Crippen LogP) is 3.44. The Morgan fingerprint density at radius 3 is 2.62 bits per heavy atom. The zero-order chi connectivity index (χ0) is 21.4. The van der Waals surface area contributed by atoms with Crippen molar-refractivity contribution in [1.82, 2.24) is 9.55 Å². The molecule has 6 nitrogen and oxygen atoms in total. The molecular formula is C21H29F2N3O3. The van der Waals surface area contributed by atoms with Gasteiger partial charge in [0.15, 0.2) is 17.5 Å². The fourth-order valence-corrected chi connectivity index (χ4v) is 3.49. The molecule has 0 saturated heterocycles. The molecule has 1 aromatic heterocycles. The van der Waals surface area contributed by atoms with E-state index in [0.717, 1.165) is 70.1 Å². The van der Waals surface area contributed by atoms with Gasteiger partial charge in [-0.25, -0.2) is 13.8 Å². The van der Waals surface area contributed by atoms with Gasteiger partial charge in [0, 0.05) is 32.2 Å². The third-order valence-corrected chi connectivity index (χ3v) is 4.96. The summed E-state index contributed by atoms with van der Waals surface area (Å²) in [7, 11) is 1.00. The van der Waals surface area contributed by atoms with Crippen LogP contribution in [0.1, 0.15) is 60.9 Å². The maximum atomic E-state index is 13.6. The van der Waals surface area contributed by atoms with Gasteiger partial charge in [-0.3, -0.25) is 9.69 Å². The topological polar surface area (TPSA) is 78.6 Å². The van der Waals surface area contributed by atoms with Crippen molar-refractivity contribution in [3.05, 3.63) is 46.9 Å². The minimum atomic E-state index is -1.06. The summed E-state index contributed by atoms with van der Waals surface area (Å²) in [5.74, 6) is -1.19. The Hall–Kier alpha value is -2.32. The summed E-state index contributed by atoms with van der Waals surface area (Å²) >= 11 is 0. The number of amides is 1. The molecule has 3 rings (SSSR count). The van der Waals surface area contributed by atoms with E-state index in [-0.39, 0.29) is 12.2 Å². The van der Waals surface area contributed by atoms with Crippen molar-refractivity contribution >= 4 is 11.7 Å². The summed E-state index contributed by atoms with van der Waals surface area (Å²) in [6, 6.07) is 3.14. The number of fused-ring (bicyclic) bond motifs is 1. The third-order valence-electron chi connectivity index (χ3n) is 4.96. The number of benzene rings is 1. The number of halogens is 2. The number of hydrogen-bond donors (Lipinski definition) is 2. The van der Waals surface area contributed by atoms with Gasteiger partial charge >= 0.3 is 0 Å². The molecule has 2 heterocycles. The van der Waals surface area contributed by atoms with Gasteiger partial charge in [-0.15, -0.1) is 0 Å². The number of rotatable bonds is 6. The molecule has 1 aliphatic heterocycles. The second-order valence-corrected chi connectivity index (χ2v) is 6.86. The number of aliphatic hydroxyl groups is 2. The van der Waals surface area contributed by atoms with E-state index in [1.54, 1.807) is 0 Å². The molecule has 8 heteroatoms. The largest absolute Gasteiger partial charge is 0.400 e. The van der Waals surface area contributed by atoms with Gasteiger partial charge in [0.05, 0.1) is 12.3 Å². The van der Waals surface area contributed by atoms with E-state index >= 15 is 0 Å². The lowest BCUT2D eigenvalue weighted by molar-refractivity contribution is 0.0984. The van der Waals surface area contributed by atoms with Crippen LogP contribution in [0.25, 0.3) is 0 Å². The molecule has 0 saturated carbocycles. The summed E-state index contributed by atoms with van der Waals surface area (Å²) in [5, 5.41) is 17.0. The second kappa shape index (κ2) is 11.0. The molecule has 0 bridgehead atoms. The number of carbonyl (C=O) groups excluding carboxylic acids is 1. The van der Waals surface area contributed by atoms with Crippen molar-refractivity contribution in [2.24, 2.45) is 0 Å². The summed E-state index contributed by atoms with van der Waals surface area (Å²) < 4.78 is 28.9. The first-order valence-electron chi connectivity index (χ1n) is 9.97. The fourth-order valence-electron chi connectivity index (χ4n) is 3.49. The standard InChI is InChI=1S/C20H25F2N3O2.CH4O/c1-2-3-10-25(20(27)14-8-9-15(21)16(22)12-14)19-17(13-26)24-11-6-4-5-7-18(24)23-19;1-2/h8-9,12,26H,2-7,10-11,13H2,1H3;2H,1H3. The molecule has 0 spiro atoms. The highest BCUT2D eigenvalue weighted by Crippen LogP contribution is 2.27. The molecule has 2 aromatic rings. The molecule has 29 heavy (non-hydrogen) atoms. The Labute approximate surface area is 169 Å². The number of nitrogens with zero attached hydrogens (tertiary/aromatic N) is 3. The van der Waals surface area contributed by atoms with Crippen molar-refractivity contribution in [2.75, 3.05) is 18.6 Å². The maximum absolute atomic E-state index is 13.6. The van der Waals surface area contributed by atoms with Crippen LogP contribution in [0.15, 0.2) is 18.2 Å². The Morgan fingerprint density at radius 2 is 1.97 bits per heavy atom. The normalized spacial score (nSPS) is 13.2. The van der Waals surface area contributed by atoms with E-state index in [1.807, 2.05) is 11.5 Å². The van der Waals surface area contributed by atoms with Gasteiger partial charge in [0.25, 0.3) is 5.91 Å². The van der Waals surface area contributed by atoms with E-state index in [2.05, 4.69) is 4.98 Å². The van der Waals surface area contributed by atoms with E-state index in [9.17, 15) is 18.7 Å². The highest BCUT2D eigenvalue weighted by molar-refractivity contribution is 6.05. The molecule has 0 aliphatic carbocycles. The quantitative estimate of drug-likeness (QED) is 0.766. The van der Waals surface area contributed by atoms with Crippen molar-refractivity contribution in [2.45, 2.75) is 58.6 Å². The molecule has 1 aliphatic rings. The van der Waals surface area contributed by atoms with Crippen LogP contribution in [0, 0.1) is 11.6 Å². The average Bonchev–Trinajstić information content (AvgIpc) is 2.92. The zero-order valence-corrected chi connectivity index (χ0v) is 17.0. The molecule has 0 atom stereocenters. The van der Waals surface area contributed by atoms with Crippen LogP contribution in [-0.2, 0) is 19.6 Å². The highest BCUT2D eigenvalue weighted by atomic mass is 19.2. The van der Waals surface area contributed by atoms with E-state index < -0.39 is 17.5 Å². The summed E-state index contributed by atoms with van der Waals surface area (Å²) in [6.45, 7) is 2.95.